The maximum absolute atomic E-state index is 6.35. The number of para-hydroxylation sites is 2. The maximum Gasteiger partial charge on any atom is 0.138 e. The largest absolute Gasteiger partial charge is 0.456 e. The number of rotatable bonds is 4. The van der Waals surface area contributed by atoms with Crippen molar-refractivity contribution in [2.24, 2.45) is 0 Å². The molecule has 158 valence electrons. The van der Waals surface area contributed by atoms with Gasteiger partial charge >= 0.3 is 0 Å². The lowest BCUT2D eigenvalue weighted by molar-refractivity contribution is 0.669. The predicted molar refractivity (Wildman–Crippen MR) is 139 cm³/mol. The van der Waals surface area contributed by atoms with Gasteiger partial charge < -0.3 is 9.32 Å². The molecular weight excluding hydrogens is 426 g/mol. The van der Waals surface area contributed by atoms with E-state index in [0.717, 1.165) is 50.1 Å². The van der Waals surface area contributed by atoms with Crippen molar-refractivity contribution < 1.29 is 4.42 Å². The second kappa shape index (κ2) is 8.16. The molecule has 6 aromatic rings. The van der Waals surface area contributed by atoms with E-state index in [2.05, 4.69) is 89.8 Å². The van der Waals surface area contributed by atoms with Crippen LogP contribution in [0.3, 0.4) is 0 Å². The van der Waals surface area contributed by atoms with Crippen LogP contribution in [-0.4, -0.2) is 0 Å². The topological polar surface area (TPSA) is 16.4 Å². The molecule has 0 aliphatic heterocycles. The average molecular weight is 446 g/mol. The summed E-state index contributed by atoms with van der Waals surface area (Å²) in [5.41, 5.74) is 7.08. The van der Waals surface area contributed by atoms with Gasteiger partial charge in [0, 0.05) is 27.8 Å². The van der Waals surface area contributed by atoms with Crippen molar-refractivity contribution >= 4 is 50.6 Å². The Balaban J connectivity index is 1.72. The van der Waals surface area contributed by atoms with Crippen molar-refractivity contribution in [1.29, 1.82) is 0 Å². The molecule has 0 aliphatic carbocycles. The summed E-state index contributed by atoms with van der Waals surface area (Å²) in [4.78, 5) is 2.29. The maximum atomic E-state index is 6.35. The minimum atomic E-state index is 0.661. The van der Waals surface area contributed by atoms with Crippen LogP contribution in [0.4, 0.5) is 17.1 Å². The summed E-state index contributed by atoms with van der Waals surface area (Å²) in [6.07, 6.45) is 0. The molecule has 0 bridgehead atoms. The lowest BCUT2D eigenvalue weighted by Gasteiger charge is -2.26. The molecule has 0 amide bonds. The van der Waals surface area contributed by atoms with Gasteiger partial charge in [-0.1, -0.05) is 78.3 Å². The van der Waals surface area contributed by atoms with Crippen LogP contribution in [0.2, 0.25) is 5.02 Å². The van der Waals surface area contributed by atoms with Gasteiger partial charge in [-0.15, -0.1) is 0 Å². The summed E-state index contributed by atoms with van der Waals surface area (Å²) in [5, 5.41) is 2.77. The zero-order chi connectivity index (χ0) is 22.2. The van der Waals surface area contributed by atoms with Crippen molar-refractivity contribution in [2.45, 2.75) is 0 Å². The molecule has 0 unspecified atom stereocenters. The van der Waals surface area contributed by atoms with Gasteiger partial charge in [0.1, 0.15) is 11.2 Å². The summed E-state index contributed by atoms with van der Waals surface area (Å²) < 4.78 is 6.35. The molecule has 0 aliphatic rings. The highest BCUT2D eigenvalue weighted by molar-refractivity contribution is 6.31. The molecule has 0 radical (unpaired) electrons. The van der Waals surface area contributed by atoms with Crippen LogP contribution in [0.5, 0.6) is 0 Å². The van der Waals surface area contributed by atoms with E-state index < -0.39 is 0 Å². The Morgan fingerprint density at radius 1 is 0.545 bits per heavy atom. The first-order valence-electron chi connectivity index (χ1n) is 10.9. The molecule has 5 aromatic carbocycles. The van der Waals surface area contributed by atoms with Crippen LogP contribution in [0.1, 0.15) is 0 Å². The second-order valence-corrected chi connectivity index (χ2v) is 8.42. The van der Waals surface area contributed by atoms with E-state index in [0.29, 0.717) is 5.02 Å². The second-order valence-electron chi connectivity index (χ2n) is 7.98. The van der Waals surface area contributed by atoms with E-state index in [4.69, 9.17) is 16.0 Å². The number of anilines is 3. The molecule has 0 spiro atoms. The van der Waals surface area contributed by atoms with Gasteiger partial charge in [-0.05, 0) is 59.7 Å². The van der Waals surface area contributed by atoms with E-state index >= 15 is 0 Å². The third-order valence-corrected chi connectivity index (χ3v) is 6.13. The summed E-state index contributed by atoms with van der Waals surface area (Å²) >= 11 is 6.30. The summed E-state index contributed by atoms with van der Waals surface area (Å²) in [6, 6.07) is 41.5. The molecule has 0 saturated heterocycles. The minimum absolute atomic E-state index is 0.661. The Hall–Kier alpha value is -4.01. The van der Waals surface area contributed by atoms with Crippen LogP contribution in [0.25, 0.3) is 33.1 Å². The zero-order valence-electron chi connectivity index (χ0n) is 17.8. The fourth-order valence-electron chi connectivity index (χ4n) is 4.41. The van der Waals surface area contributed by atoms with Crippen LogP contribution >= 0.6 is 11.6 Å². The highest BCUT2D eigenvalue weighted by Gasteiger charge is 2.21. The molecular formula is C30H20ClNO. The summed E-state index contributed by atoms with van der Waals surface area (Å²) in [5.74, 6) is 0. The Morgan fingerprint density at radius 3 is 1.79 bits per heavy atom. The van der Waals surface area contributed by atoms with Crippen molar-refractivity contribution in [2.75, 3.05) is 4.90 Å². The first-order chi connectivity index (χ1) is 16.3. The predicted octanol–water partition coefficient (Wildman–Crippen LogP) is 9.38. The summed E-state index contributed by atoms with van der Waals surface area (Å²) in [7, 11) is 0. The third kappa shape index (κ3) is 3.55. The van der Waals surface area contributed by atoms with Gasteiger partial charge in [0.2, 0.25) is 0 Å². The molecule has 0 N–H and O–H groups in total. The number of hydrogen-bond donors (Lipinski definition) is 0. The number of nitrogens with zero attached hydrogens (tertiary/aromatic N) is 1. The smallest absolute Gasteiger partial charge is 0.138 e. The van der Waals surface area contributed by atoms with Gasteiger partial charge in [0.15, 0.2) is 0 Å². The Morgan fingerprint density at radius 2 is 1.15 bits per heavy atom. The standard InChI is InChI=1S/C30H20ClNO/c31-23-16-17-26-28(20-23)33-29-19-22(21-10-4-1-5-11-21)18-27(30(26)29)32(24-12-6-2-7-13-24)25-14-8-3-9-15-25/h1-20H. The fourth-order valence-corrected chi connectivity index (χ4v) is 4.57. The number of hydrogen-bond acceptors (Lipinski definition) is 2. The Kier molecular flexibility index (Phi) is 4.86. The van der Waals surface area contributed by atoms with E-state index in [-0.39, 0.29) is 0 Å². The normalized spacial score (nSPS) is 11.2. The monoisotopic (exact) mass is 445 g/mol. The number of furan rings is 1. The van der Waals surface area contributed by atoms with Crippen molar-refractivity contribution in [3.63, 3.8) is 0 Å². The number of fused-ring (bicyclic) bond motifs is 3. The molecule has 1 aromatic heterocycles. The highest BCUT2D eigenvalue weighted by atomic mass is 35.5. The lowest BCUT2D eigenvalue weighted by atomic mass is 10.0. The van der Waals surface area contributed by atoms with Gasteiger partial charge in [-0.25, -0.2) is 0 Å². The van der Waals surface area contributed by atoms with E-state index in [1.54, 1.807) is 0 Å². The number of benzene rings is 5. The molecule has 0 saturated carbocycles. The Bertz CT molecular complexity index is 1520. The lowest BCUT2D eigenvalue weighted by Crippen LogP contribution is -2.10. The average Bonchev–Trinajstić information content (AvgIpc) is 3.23. The van der Waals surface area contributed by atoms with Crippen LogP contribution in [0, 0.1) is 0 Å². The van der Waals surface area contributed by atoms with E-state index in [1.165, 1.54) is 0 Å². The van der Waals surface area contributed by atoms with Gasteiger partial charge in [-0.3, -0.25) is 0 Å². The molecule has 6 rings (SSSR count). The number of halogens is 1. The van der Waals surface area contributed by atoms with Gasteiger partial charge in [0.25, 0.3) is 0 Å². The zero-order valence-corrected chi connectivity index (χ0v) is 18.5. The summed E-state index contributed by atoms with van der Waals surface area (Å²) in [6.45, 7) is 0. The minimum Gasteiger partial charge on any atom is -0.456 e. The van der Waals surface area contributed by atoms with Crippen LogP contribution in [0.15, 0.2) is 126 Å². The molecule has 2 nitrogen and oxygen atoms in total. The van der Waals surface area contributed by atoms with Gasteiger partial charge in [-0.2, -0.15) is 0 Å². The van der Waals surface area contributed by atoms with Gasteiger partial charge in [0.05, 0.1) is 11.1 Å². The third-order valence-electron chi connectivity index (χ3n) is 5.89. The quantitative estimate of drug-likeness (QED) is 0.268. The van der Waals surface area contributed by atoms with Crippen molar-refractivity contribution in [1.82, 2.24) is 0 Å². The van der Waals surface area contributed by atoms with Crippen molar-refractivity contribution in [3.8, 4) is 11.1 Å². The molecule has 33 heavy (non-hydrogen) atoms. The molecule has 3 heteroatoms. The van der Waals surface area contributed by atoms with Crippen LogP contribution < -0.4 is 4.90 Å². The van der Waals surface area contributed by atoms with Crippen molar-refractivity contribution in [3.05, 3.63) is 126 Å². The molecule has 0 atom stereocenters. The first kappa shape index (κ1) is 19.7. The van der Waals surface area contributed by atoms with E-state index in [1.807, 2.05) is 36.4 Å². The molecule has 1 heterocycles. The first-order valence-corrected chi connectivity index (χ1v) is 11.3. The Labute approximate surface area is 197 Å². The molecule has 0 fully saturated rings. The van der Waals surface area contributed by atoms with E-state index in [9.17, 15) is 0 Å². The van der Waals surface area contributed by atoms with Crippen LogP contribution in [-0.2, 0) is 0 Å². The SMILES string of the molecule is Clc1ccc2c(c1)oc1cc(-c3ccccc3)cc(N(c3ccccc3)c3ccccc3)c12. The fraction of sp³-hybridized carbons (Fsp3) is 0. The highest BCUT2D eigenvalue weighted by Crippen LogP contribution is 2.45.